The third-order valence-electron chi connectivity index (χ3n) is 2.49. The van der Waals surface area contributed by atoms with Crippen LogP contribution in [-0.4, -0.2) is 24.4 Å². The van der Waals surface area contributed by atoms with Gasteiger partial charge in [-0.05, 0) is 39.5 Å². The van der Waals surface area contributed by atoms with E-state index in [4.69, 9.17) is 9.15 Å². The van der Waals surface area contributed by atoms with Gasteiger partial charge in [0.15, 0.2) is 0 Å². The first-order valence-corrected chi connectivity index (χ1v) is 7.63. The number of nitrogens with one attached hydrogen (secondary N) is 1. The fourth-order valence-electron chi connectivity index (χ4n) is 1.55. The smallest absolute Gasteiger partial charge is 0.129 e. The van der Waals surface area contributed by atoms with Crippen molar-refractivity contribution in [3.63, 3.8) is 0 Å². The first-order valence-electron chi connectivity index (χ1n) is 5.96. The Morgan fingerprint density at radius 3 is 3.05 bits per heavy atom. The number of halogens is 1. The van der Waals surface area contributed by atoms with E-state index in [0.29, 0.717) is 19.8 Å². The Balaban J connectivity index is 1.57. The van der Waals surface area contributed by atoms with Crippen molar-refractivity contribution in [1.82, 2.24) is 5.32 Å². The predicted molar refractivity (Wildman–Crippen MR) is 78.1 cm³/mol. The summed E-state index contributed by atoms with van der Waals surface area (Å²) in [5, 5.41) is 15.0. The van der Waals surface area contributed by atoms with E-state index in [1.165, 1.54) is 4.88 Å². The van der Waals surface area contributed by atoms with Crippen LogP contribution in [0.5, 0.6) is 0 Å². The fraction of sp³-hybridized carbons (Fsp3) is 0.385. The first-order chi connectivity index (χ1) is 9.25. The predicted octanol–water partition coefficient (Wildman–Crippen LogP) is 2.77. The van der Waals surface area contributed by atoms with Crippen LogP contribution in [0.15, 0.2) is 38.7 Å². The molecular formula is C13H16BrNO3S. The lowest BCUT2D eigenvalue weighted by atomic mass is 10.3. The number of thiophene rings is 1. The standard InChI is InChI=1S/C13H16BrNO3S/c14-12-3-5-19-13(12)7-15-6-10(16)8-17-9-11-2-1-4-18-11/h1-5,10,15-16H,6-9H2. The van der Waals surface area contributed by atoms with E-state index in [2.05, 4.69) is 21.2 Å². The molecule has 2 heterocycles. The molecule has 0 saturated heterocycles. The van der Waals surface area contributed by atoms with Crippen LogP contribution in [0.25, 0.3) is 0 Å². The Hall–Kier alpha value is -0.660. The molecule has 2 rings (SSSR count). The quantitative estimate of drug-likeness (QED) is 0.772. The lowest BCUT2D eigenvalue weighted by molar-refractivity contribution is 0.0226. The second-order valence-corrected chi connectivity index (χ2v) is 5.93. The molecule has 0 aliphatic rings. The van der Waals surface area contributed by atoms with E-state index in [0.717, 1.165) is 16.8 Å². The van der Waals surface area contributed by atoms with Crippen LogP contribution in [0.3, 0.4) is 0 Å². The van der Waals surface area contributed by atoms with E-state index in [1.54, 1.807) is 17.6 Å². The summed E-state index contributed by atoms with van der Waals surface area (Å²) in [6.07, 6.45) is 1.09. The molecule has 0 saturated carbocycles. The van der Waals surface area contributed by atoms with Crippen molar-refractivity contribution in [1.29, 1.82) is 0 Å². The molecule has 1 unspecified atom stereocenters. The van der Waals surface area contributed by atoms with Crippen LogP contribution in [0.2, 0.25) is 0 Å². The molecule has 2 N–H and O–H groups in total. The largest absolute Gasteiger partial charge is 0.467 e. The Bertz CT molecular complexity index is 472. The molecule has 2 aromatic heterocycles. The average molecular weight is 346 g/mol. The first kappa shape index (κ1) is 14.7. The third-order valence-corrected chi connectivity index (χ3v) is 4.42. The molecule has 1 atom stereocenters. The molecule has 0 amide bonds. The molecule has 0 bridgehead atoms. The minimum absolute atomic E-state index is 0.291. The van der Waals surface area contributed by atoms with E-state index in [1.807, 2.05) is 23.6 Å². The van der Waals surface area contributed by atoms with Crippen molar-refractivity contribution >= 4 is 27.3 Å². The van der Waals surface area contributed by atoms with Crippen molar-refractivity contribution in [2.24, 2.45) is 0 Å². The molecule has 4 nitrogen and oxygen atoms in total. The van der Waals surface area contributed by atoms with Gasteiger partial charge >= 0.3 is 0 Å². The van der Waals surface area contributed by atoms with Gasteiger partial charge in [-0.25, -0.2) is 0 Å². The normalized spacial score (nSPS) is 12.7. The molecule has 19 heavy (non-hydrogen) atoms. The minimum Gasteiger partial charge on any atom is -0.467 e. The van der Waals surface area contributed by atoms with Crippen molar-refractivity contribution in [2.75, 3.05) is 13.2 Å². The zero-order valence-corrected chi connectivity index (χ0v) is 12.7. The Kier molecular flexibility index (Phi) is 6.06. The average Bonchev–Trinajstić information content (AvgIpc) is 3.02. The summed E-state index contributed by atoms with van der Waals surface area (Å²) in [5.74, 6) is 0.766. The van der Waals surface area contributed by atoms with E-state index >= 15 is 0 Å². The van der Waals surface area contributed by atoms with Gasteiger partial charge in [0, 0.05) is 22.4 Å². The molecule has 0 aliphatic carbocycles. The zero-order chi connectivity index (χ0) is 13.5. The van der Waals surface area contributed by atoms with Crippen molar-refractivity contribution in [3.8, 4) is 0 Å². The molecule has 0 aliphatic heterocycles. The minimum atomic E-state index is -0.520. The van der Waals surface area contributed by atoms with Crippen LogP contribution in [0.4, 0.5) is 0 Å². The Morgan fingerprint density at radius 2 is 2.37 bits per heavy atom. The molecule has 0 aromatic carbocycles. The molecular weight excluding hydrogens is 330 g/mol. The molecule has 0 radical (unpaired) electrons. The summed E-state index contributed by atoms with van der Waals surface area (Å²) in [7, 11) is 0. The lowest BCUT2D eigenvalue weighted by Crippen LogP contribution is -2.29. The highest BCUT2D eigenvalue weighted by Gasteiger charge is 2.06. The summed E-state index contributed by atoms with van der Waals surface area (Å²) in [4.78, 5) is 1.23. The summed E-state index contributed by atoms with van der Waals surface area (Å²) >= 11 is 5.15. The molecule has 2 aromatic rings. The fourth-order valence-corrected chi connectivity index (χ4v) is 3.01. The van der Waals surface area contributed by atoms with Gasteiger partial charge in [-0.3, -0.25) is 0 Å². The van der Waals surface area contributed by atoms with Crippen molar-refractivity contribution < 1.29 is 14.3 Å². The SMILES string of the molecule is OC(CNCc1sccc1Br)COCc1ccco1. The van der Waals surface area contributed by atoms with Crippen LogP contribution >= 0.6 is 27.3 Å². The van der Waals surface area contributed by atoms with Crippen molar-refractivity contribution in [3.05, 3.63) is 45.0 Å². The number of hydrogen-bond acceptors (Lipinski definition) is 5. The number of rotatable bonds is 8. The number of aliphatic hydroxyl groups is 1. The summed E-state index contributed by atoms with van der Waals surface area (Å²) in [5.41, 5.74) is 0. The molecule has 104 valence electrons. The van der Waals surface area contributed by atoms with Crippen LogP contribution < -0.4 is 5.32 Å². The maximum Gasteiger partial charge on any atom is 0.129 e. The Morgan fingerprint density at radius 1 is 1.47 bits per heavy atom. The van der Waals surface area contributed by atoms with Crippen LogP contribution in [0, 0.1) is 0 Å². The van der Waals surface area contributed by atoms with Gasteiger partial charge < -0.3 is 19.6 Å². The van der Waals surface area contributed by atoms with Gasteiger partial charge in [0.2, 0.25) is 0 Å². The van der Waals surface area contributed by atoms with Gasteiger partial charge in [0.05, 0.1) is 19.0 Å². The topological polar surface area (TPSA) is 54.6 Å². The van der Waals surface area contributed by atoms with Gasteiger partial charge in [0.1, 0.15) is 12.4 Å². The number of aliphatic hydroxyl groups excluding tert-OH is 1. The summed E-state index contributed by atoms with van der Waals surface area (Å²) in [6, 6.07) is 5.68. The van der Waals surface area contributed by atoms with Gasteiger partial charge in [0.25, 0.3) is 0 Å². The van der Waals surface area contributed by atoms with Gasteiger partial charge in [-0.1, -0.05) is 0 Å². The number of hydrogen-bond donors (Lipinski definition) is 2. The molecule has 0 fully saturated rings. The number of furan rings is 1. The second-order valence-electron chi connectivity index (χ2n) is 4.07. The van der Waals surface area contributed by atoms with E-state index in [-0.39, 0.29) is 0 Å². The zero-order valence-electron chi connectivity index (χ0n) is 10.3. The second kappa shape index (κ2) is 7.81. The third kappa shape index (κ3) is 5.08. The Labute approximate surface area is 124 Å². The van der Waals surface area contributed by atoms with E-state index < -0.39 is 6.10 Å². The van der Waals surface area contributed by atoms with Crippen molar-refractivity contribution in [2.45, 2.75) is 19.3 Å². The summed E-state index contributed by atoms with van der Waals surface area (Å²) in [6.45, 7) is 1.93. The number of ether oxygens (including phenoxy) is 1. The van der Waals surface area contributed by atoms with Crippen LogP contribution in [-0.2, 0) is 17.9 Å². The van der Waals surface area contributed by atoms with Gasteiger partial charge in [-0.2, -0.15) is 0 Å². The lowest BCUT2D eigenvalue weighted by Gasteiger charge is -2.11. The molecule has 0 spiro atoms. The molecule has 6 heteroatoms. The summed E-state index contributed by atoms with van der Waals surface area (Å²) < 4.78 is 11.6. The van der Waals surface area contributed by atoms with E-state index in [9.17, 15) is 5.11 Å². The highest BCUT2D eigenvalue weighted by atomic mass is 79.9. The maximum absolute atomic E-state index is 9.75. The monoisotopic (exact) mass is 345 g/mol. The maximum atomic E-state index is 9.75. The van der Waals surface area contributed by atoms with Gasteiger partial charge in [-0.15, -0.1) is 11.3 Å². The highest BCUT2D eigenvalue weighted by molar-refractivity contribution is 9.10. The highest BCUT2D eigenvalue weighted by Crippen LogP contribution is 2.21. The van der Waals surface area contributed by atoms with Crippen LogP contribution in [0.1, 0.15) is 10.6 Å².